The summed E-state index contributed by atoms with van der Waals surface area (Å²) in [6, 6.07) is 4.21. The lowest BCUT2D eigenvalue weighted by Crippen LogP contribution is -2.10. The lowest BCUT2D eigenvalue weighted by molar-refractivity contribution is -0.0689. The van der Waals surface area contributed by atoms with Crippen LogP contribution in [0.3, 0.4) is 0 Å². The SMILES string of the molecule is CC(C)=C/C=C(\c1ccc2c(c1)OCO2)C(F)(F)F. The zero-order valence-electron chi connectivity index (χ0n) is 10.5. The minimum atomic E-state index is -4.42. The van der Waals surface area contributed by atoms with Crippen LogP contribution in [-0.4, -0.2) is 13.0 Å². The minimum absolute atomic E-state index is 0.0395. The number of rotatable bonds is 2. The molecule has 0 fully saturated rings. The predicted octanol–water partition coefficient (Wildman–Crippen LogP) is 4.33. The highest BCUT2D eigenvalue weighted by molar-refractivity contribution is 5.73. The molecule has 1 heterocycles. The van der Waals surface area contributed by atoms with E-state index in [1.807, 2.05) is 0 Å². The Labute approximate surface area is 109 Å². The molecule has 0 aliphatic carbocycles. The van der Waals surface area contributed by atoms with Crippen molar-refractivity contribution in [1.29, 1.82) is 0 Å². The van der Waals surface area contributed by atoms with Crippen molar-refractivity contribution in [2.24, 2.45) is 0 Å². The summed E-state index contributed by atoms with van der Waals surface area (Å²) in [7, 11) is 0. The Morgan fingerprint density at radius 3 is 2.42 bits per heavy atom. The lowest BCUT2D eigenvalue weighted by Gasteiger charge is -2.12. The minimum Gasteiger partial charge on any atom is -0.454 e. The van der Waals surface area contributed by atoms with Gasteiger partial charge in [0.2, 0.25) is 6.79 Å². The summed E-state index contributed by atoms with van der Waals surface area (Å²) in [5.41, 5.74) is 0.156. The molecule has 1 aliphatic rings. The summed E-state index contributed by atoms with van der Waals surface area (Å²) in [6.45, 7) is 3.52. The average Bonchev–Trinajstić information content (AvgIpc) is 2.74. The van der Waals surface area contributed by atoms with Gasteiger partial charge in [-0.3, -0.25) is 0 Å². The quantitative estimate of drug-likeness (QED) is 0.745. The molecule has 1 aromatic rings. The number of halogens is 3. The lowest BCUT2D eigenvalue weighted by atomic mass is 10.0. The first kappa shape index (κ1) is 13.5. The summed E-state index contributed by atoms with van der Waals surface area (Å²) in [4.78, 5) is 0. The third kappa shape index (κ3) is 3.10. The molecule has 2 nitrogen and oxygen atoms in total. The molecule has 0 N–H and O–H groups in total. The van der Waals surface area contributed by atoms with E-state index in [2.05, 4.69) is 0 Å². The Bertz CT molecular complexity index is 538. The molecule has 0 saturated carbocycles. The molecular formula is C14H13F3O2. The maximum Gasteiger partial charge on any atom is 0.416 e. The Hall–Kier alpha value is -1.91. The third-order valence-electron chi connectivity index (χ3n) is 2.57. The first-order valence-corrected chi connectivity index (χ1v) is 5.70. The van der Waals surface area contributed by atoms with Crippen molar-refractivity contribution in [2.45, 2.75) is 20.0 Å². The number of alkyl halides is 3. The fourth-order valence-corrected chi connectivity index (χ4v) is 1.67. The third-order valence-corrected chi connectivity index (χ3v) is 2.57. The van der Waals surface area contributed by atoms with Crippen LogP contribution in [0.5, 0.6) is 11.5 Å². The Morgan fingerprint density at radius 2 is 1.79 bits per heavy atom. The number of fused-ring (bicyclic) bond motifs is 1. The highest BCUT2D eigenvalue weighted by atomic mass is 19.4. The largest absolute Gasteiger partial charge is 0.454 e. The number of allylic oxidation sites excluding steroid dienone is 4. The van der Waals surface area contributed by atoms with Crippen molar-refractivity contribution < 1.29 is 22.6 Å². The molecule has 0 saturated heterocycles. The number of hydrogen-bond donors (Lipinski definition) is 0. The molecule has 1 aliphatic heterocycles. The second-order valence-electron chi connectivity index (χ2n) is 4.39. The molecule has 1 aromatic carbocycles. The van der Waals surface area contributed by atoms with Crippen LogP contribution in [0.4, 0.5) is 13.2 Å². The predicted molar refractivity (Wildman–Crippen MR) is 66.0 cm³/mol. The molecule has 0 radical (unpaired) electrons. The highest BCUT2D eigenvalue weighted by Gasteiger charge is 2.34. The highest BCUT2D eigenvalue weighted by Crippen LogP contribution is 2.39. The zero-order valence-corrected chi connectivity index (χ0v) is 10.5. The fourth-order valence-electron chi connectivity index (χ4n) is 1.67. The molecule has 0 bridgehead atoms. The molecular weight excluding hydrogens is 257 g/mol. The van der Waals surface area contributed by atoms with Crippen molar-refractivity contribution in [2.75, 3.05) is 6.79 Å². The van der Waals surface area contributed by atoms with Gasteiger partial charge in [0.25, 0.3) is 0 Å². The monoisotopic (exact) mass is 270 g/mol. The molecule has 0 amide bonds. The topological polar surface area (TPSA) is 18.5 Å². The number of benzene rings is 1. The van der Waals surface area contributed by atoms with Gasteiger partial charge in [-0.05, 0) is 37.6 Å². The van der Waals surface area contributed by atoms with E-state index in [0.717, 1.165) is 11.6 Å². The van der Waals surface area contributed by atoms with E-state index in [-0.39, 0.29) is 12.4 Å². The summed E-state index contributed by atoms with van der Waals surface area (Å²) in [5, 5.41) is 0. The summed E-state index contributed by atoms with van der Waals surface area (Å²) >= 11 is 0. The Morgan fingerprint density at radius 1 is 1.11 bits per heavy atom. The van der Waals surface area contributed by atoms with Gasteiger partial charge in [-0.25, -0.2) is 0 Å². The average molecular weight is 270 g/mol. The van der Waals surface area contributed by atoms with Crippen molar-refractivity contribution in [3.05, 3.63) is 41.5 Å². The van der Waals surface area contributed by atoms with Crippen LogP contribution in [0.15, 0.2) is 35.9 Å². The molecule has 5 heteroatoms. The molecule has 0 spiro atoms. The fraction of sp³-hybridized carbons (Fsp3) is 0.286. The van der Waals surface area contributed by atoms with E-state index in [9.17, 15) is 13.2 Å². The maximum absolute atomic E-state index is 13.0. The van der Waals surface area contributed by atoms with Gasteiger partial charge >= 0.3 is 6.18 Å². The van der Waals surface area contributed by atoms with E-state index >= 15 is 0 Å². The van der Waals surface area contributed by atoms with Crippen LogP contribution in [0.2, 0.25) is 0 Å². The van der Waals surface area contributed by atoms with Crippen molar-refractivity contribution in [3.63, 3.8) is 0 Å². The zero-order chi connectivity index (χ0) is 14.0. The first-order chi connectivity index (χ1) is 8.88. The van der Waals surface area contributed by atoms with Gasteiger partial charge in [-0.2, -0.15) is 13.2 Å². The number of hydrogen-bond acceptors (Lipinski definition) is 2. The van der Waals surface area contributed by atoms with Gasteiger partial charge in [-0.1, -0.05) is 17.7 Å². The van der Waals surface area contributed by atoms with Gasteiger partial charge in [0, 0.05) is 0 Å². The molecule has 0 unspecified atom stereocenters. The summed E-state index contributed by atoms with van der Waals surface area (Å²) < 4.78 is 49.3. The summed E-state index contributed by atoms with van der Waals surface area (Å²) in [6.07, 6.45) is -1.90. The Balaban J connectivity index is 2.45. The second kappa shape index (κ2) is 4.99. The standard InChI is InChI=1S/C14H13F3O2/c1-9(2)3-5-11(14(15,16)17)10-4-6-12-13(7-10)19-8-18-12/h3-7H,8H2,1-2H3/b11-5+. The van der Waals surface area contributed by atoms with Crippen molar-refractivity contribution >= 4 is 5.57 Å². The van der Waals surface area contributed by atoms with Gasteiger partial charge in [0.15, 0.2) is 11.5 Å². The van der Waals surface area contributed by atoms with Crippen LogP contribution in [0, 0.1) is 0 Å². The maximum atomic E-state index is 13.0. The van der Waals surface area contributed by atoms with E-state index in [1.54, 1.807) is 13.8 Å². The van der Waals surface area contributed by atoms with Crippen molar-refractivity contribution in [1.82, 2.24) is 0 Å². The van der Waals surface area contributed by atoms with Gasteiger partial charge in [0.1, 0.15) is 0 Å². The molecule has 2 rings (SSSR count). The molecule has 0 atom stereocenters. The molecule has 19 heavy (non-hydrogen) atoms. The van der Waals surface area contributed by atoms with Crippen LogP contribution >= 0.6 is 0 Å². The van der Waals surface area contributed by atoms with Crippen LogP contribution in [-0.2, 0) is 0 Å². The summed E-state index contributed by atoms with van der Waals surface area (Å²) in [5.74, 6) is 0.803. The van der Waals surface area contributed by atoms with E-state index in [4.69, 9.17) is 9.47 Å². The van der Waals surface area contributed by atoms with Gasteiger partial charge in [0.05, 0.1) is 5.57 Å². The normalized spacial score (nSPS) is 14.5. The van der Waals surface area contributed by atoms with Crippen LogP contribution < -0.4 is 9.47 Å². The van der Waals surface area contributed by atoms with Crippen LogP contribution in [0.25, 0.3) is 5.57 Å². The first-order valence-electron chi connectivity index (χ1n) is 5.70. The Kier molecular flexibility index (Phi) is 3.55. The second-order valence-corrected chi connectivity index (χ2v) is 4.39. The van der Waals surface area contributed by atoms with Gasteiger partial charge in [-0.15, -0.1) is 0 Å². The van der Waals surface area contributed by atoms with Gasteiger partial charge < -0.3 is 9.47 Å². The van der Waals surface area contributed by atoms with E-state index < -0.39 is 11.7 Å². The van der Waals surface area contributed by atoms with E-state index in [0.29, 0.717) is 11.5 Å². The molecule has 0 aromatic heterocycles. The smallest absolute Gasteiger partial charge is 0.416 e. The van der Waals surface area contributed by atoms with Crippen LogP contribution in [0.1, 0.15) is 19.4 Å². The molecule has 102 valence electrons. The van der Waals surface area contributed by atoms with E-state index in [1.165, 1.54) is 24.3 Å². The van der Waals surface area contributed by atoms with Crippen molar-refractivity contribution in [3.8, 4) is 11.5 Å². The number of ether oxygens (including phenoxy) is 2.